The SMILES string of the molecule is C=C(C)c1nc(C)cn1-c1c(F)cccc1F. The van der Waals surface area contributed by atoms with Crippen LogP contribution in [0.3, 0.4) is 0 Å². The van der Waals surface area contributed by atoms with Crippen LogP contribution in [0, 0.1) is 18.6 Å². The zero-order chi connectivity index (χ0) is 12.6. The van der Waals surface area contributed by atoms with Crippen LogP contribution in [0.5, 0.6) is 0 Å². The minimum atomic E-state index is -0.620. The summed E-state index contributed by atoms with van der Waals surface area (Å²) in [6.07, 6.45) is 1.59. The molecule has 0 unspecified atom stereocenters. The monoisotopic (exact) mass is 234 g/mol. The third-order valence-electron chi connectivity index (χ3n) is 2.39. The molecule has 0 spiro atoms. The number of para-hydroxylation sites is 1. The van der Waals surface area contributed by atoms with Crippen molar-refractivity contribution in [1.82, 2.24) is 9.55 Å². The van der Waals surface area contributed by atoms with Crippen LogP contribution in [0.2, 0.25) is 0 Å². The van der Waals surface area contributed by atoms with Crippen LogP contribution in [-0.4, -0.2) is 9.55 Å². The molecule has 0 N–H and O–H groups in total. The van der Waals surface area contributed by atoms with E-state index in [2.05, 4.69) is 11.6 Å². The summed E-state index contributed by atoms with van der Waals surface area (Å²) in [4.78, 5) is 4.20. The highest BCUT2D eigenvalue weighted by Crippen LogP contribution is 2.22. The van der Waals surface area contributed by atoms with Gasteiger partial charge in [0.1, 0.15) is 23.1 Å². The summed E-state index contributed by atoms with van der Waals surface area (Å²) in [5.41, 5.74) is 1.22. The Hall–Kier alpha value is -1.97. The molecule has 4 heteroatoms. The van der Waals surface area contributed by atoms with Gasteiger partial charge in [0.2, 0.25) is 0 Å². The summed E-state index contributed by atoms with van der Waals surface area (Å²) in [6.45, 7) is 7.27. The second-order valence-electron chi connectivity index (χ2n) is 3.93. The average Bonchev–Trinajstić information content (AvgIpc) is 2.60. The molecule has 0 atom stereocenters. The Balaban J connectivity index is 2.72. The molecule has 0 aliphatic carbocycles. The molecule has 0 aliphatic heterocycles. The largest absolute Gasteiger partial charge is 0.294 e. The van der Waals surface area contributed by atoms with Gasteiger partial charge in [0, 0.05) is 6.20 Å². The number of rotatable bonds is 2. The fraction of sp³-hybridized carbons (Fsp3) is 0.154. The molecule has 0 radical (unpaired) electrons. The quantitative estimate of drug-likeness (QED) is 0.777. The fourth-order valence-electron chi connectivity index (χ4n) is 1.69. The van der Waals surface area contributed by atoms with E-state index in [0.29, 0.717) is 17.1 Å². The second-order valence-corrected chi connectivity index (χ2v) is 3.93. The lowest BCUT2D eigenvalue weighted by Crippen LogP contribution is -2.03. The summed E-state index contributed by atoms with van der Waals surface area (Å²) in [6, 6.07) is 3.77. The molecule has 88 valence electrons. The van der Waals surface area contributed by atoms with E-state index in [-0.39, 0.29) is 5.69 Å². The molecule has 1 heterocycles. The van der Waals surface area contributed by atoms with Gasteiger partial charge in [0.25, 0.3) is 0 Å². The van der Waals surface area contributed by atoms with Crippen LogP contribution < -0.4 is 0 Å². The number of benzene rings is 1. The van der Waals surface area contributed by atoms with E-state index >= 15 is 0 Å². The Kier molecular flexibility index (Phi) is 2.79. The van der Waals surface area contributed by atoms with Gasteiger partial charge in [-0.05, 0) is 31.6 Å². The van der Waals surface area contributed by atoms with E-state index < -0.39 is 11.6 Å². The van der Waals surface area contributed by atoms with Gasteiger partial charge in [-0.1, -0.05) is 12.6 Å². The number of hydrogen-bond acceptors (Lipinski definition) is 1. The van der Waals surface area contributed by atoms with E-state index in [9.17, 15) is 8.78 Å². The van der Waals surface area contributed by atoms with Gasteiger partial charge in [0.05, 0.1) is 5.69 Å². The lowest BCUT2D eigenvalue weighted by molar-refractivity contribution is 0.568. The van der Waals surface area contributed by atoms with Crippen LogP contribution in [0.25, 0.3) is 11.3 Å². The first-order valence-corrected chi connectivity index (χ1v) is 5.17. The molecule has 0 amide bonds. The second kappa shape index (κ2) is 4.13. The Morgan fingerprint density at radius 3 is 2.41 bits per heavy atom. The van der Waals surface area contributed by atoms with Crippen molar-refractivity contribution in [3.8, 4) is 5.69 Å². The van der Waals surface area contributed by atoms with Gasteiger partial charge in [-0.15, -0.1) is 0 Å². The Labute approximate surface area is 98.2 Å². The minimum Gasteiger partial charge on any atom is -0.294 e. The van der Waals surface area contributed by atoms with Crippen LogP contribution in [-0.2, 0) is 0 Å². The Morgan fingerprint density at radius 1 is 1.29 bits per heavy atom. The summed E-state index contributed by atoms with van der Waals surface area (Å²) < 4.78 is 28.7. The lowest BCUT2D eigenvalue weighted by Gasteiger charge is -2.09. The van der Waals surface area contributed by atoms with Crippen molar-refractivity contribution >= 4 is 5.57 Å². The lowest BCUT2D eigenvalue weighted by atomic mass is 10.2. The molecule has 1 aromatic heterocycles. The molecular formula is C13H12F2N2. The van der Waals surface area contributed by atoms with Crippen LogP contribution in [0.1, 0.15) is 18.4 Å². The number of allylic oxidation sites excluding steroid dienone is 1. The molecular weight excluding hydrogens is 222 g/mol. The predicted octanol–water partition coefficient (Wildman–Crippen LogP) is 3.49. The highest BCUT2D eigenvalue weighted by molar-refractivity contribution is 5.58. The Bertz CT molecular complexity index is 565. The number of imidazole rings is 1. The van der Waals surface area contributed by atoms with E-state index in [1.165, 1.54) is 22.8 Å². The van der Waals surface area contributed by atoms with Gasteiger partial charge in [-0.25, -0.2) is 13.8 Å². The first kappa shape index (κ1) is 11.5. The topological polar surface area (TPSA) is 17.8 Å². The number of hydrogen-bond donors (Lipinski definition) is 0. The molecule has 2 aromatic rings. The molecule has 2 rings (SSSR count). The first-order chi connectivity index (χ1) is 8.00. The predicted molar refractivity (Wildman–Crippen MR) is 62.9 cm³/mol. The molecule has 17 heavy (non-hydrogen) atoms. The maximum absolute atomic E-state index is 13.7. The van der Waals surface area contributed by atoms with Crippen molar-refractivity contribution in [2.75, 3.05) is 0 Å². The molecule has 0 aliphatic rings. The van der Waals surface area contributed by atoms with E-state index in [0.717, 1.165) is 0 Å². The zero-order valence-corrected chi connectivity index (χ0v) is 9.67. The number of aromatic nitrogens is 2. The van der Waals surface area contributed by atoms with Gasteiger partial charge < -0.3 is 0 Å². The highest BCUT2D eigenvalue weighted by Gasteiger charge is 2.15. The van der Waals surface area contributed by atoms with Crippen LogP contribution in [0.4, 0.5) is 8.78 Å². The fourth-order valence-corrected chi connectivity index (χ4v) is 1.69. The Morgan fingerprint density at radius 2 is 1.88 bits per heavy atom. The summed E-state index contributed by atoms with van der Waals surface area (Å²) in [5, 5.41) is 0. The van der Waals surface area contributed by atoms with E-state index in [1.54, 1.807) is 20.0 Å². The van der Waals surface area contributed by atoms with Crippen molar-refractivity contribution in [3.05, 3.63) is 54.1 Å². The standard InChI is InChI=1S/C13H12F2N2/c1-8(2)13-16-9(3)7-17(13)12-10(14)5-4-6-11(12)15/h4-7H,1H2,2-3H3. The summed E-state index contributed by atoms with van der Waals surface area (Å²) >= 11 is 0. The van der Waals surface area contributed by atoms with Gasteiger partial charge in [0.15, 0.2) is 0 Å². The molecule has 0 bridgehead atoms. The summed E-state index contributed by atoms with van der Waals surface area (Å²) in [5.74, 6) is -0.777. The van der Waals surface area contributed by atoms with Crippen molar-refractivity contribution in [2.24, 2.45) is 0 Å². The number of aryl methyl sites for hydroxylation is 1. The van der Waals surface area contributed by atoms with Gasteiger partial charge in [-0.3, -0.25) is 4.57 Å². The van der Waals surface area contributed by atoms with Gasteiger partial charge in [-0.2, -0.15) is 0 Å². The van der Waals surface area contributed by atoms with Crippen molar-refractivity contribution in [3.63, 3.8) is 0 Å². The normalized spacial score (nSPS) is 10.6. The van der Waals surface area contributed by atoms with E-state index in [1.807, 2.05) is 0 Å². The molecule has 1 aromatic carbocycles. The maximum atomic E-state index is 13.7. The third kappa shape index (κ3) is 1.98. The van der Waals surface area contributed by atoms with Crippen molar-refractivity contribution in [1.29, 1.82) is 0 Å². The highest BCUT2D eigenvalue weighted by atomic mass is 19.1. The number of nitrogens with zero attached hydrogens (tertiary/aromatic N) is 2. The molecule has 2 nitrogen and oxygen atoms in total. The minimum absolute atomic E-state index is 0.119. The van der Waals surface area contributed by atoms with Gasteiger partial charge >= 0.3 is 0 Å². The maximum Gasteiger partial charge on any atom is 0.150 e. The smallest absolute Gasteiger partial charge is 0.150 e. The number of halogens is 2. The van der Waals surface area contributed by atoms with Crippen molar-refractivity contribution in [2.45, 2.75) is 13.8 Å². The first-order valence-electron chi connectivity index (χ1n) is 5.17. The van der Waals surface area contributed by atoms with Crippen LogP contribution in [0.15, 0.2) is 31.0 Å². The summed E-state index contributed by atoms with van der Waals surface area (Å²) in [7, 11) is 0. The average molecular weight is 234 g/mol. The van der Waals surface area contributed by atoms with E-state index in [4.69, 9.17) is 0 Å². The van der Waals surface area contributed by atoms with Crippen molar-refractivity contribution < 1.29 is 8.78 Å². The molecule has 0 fully saturated rings. The molecule has 0 saturated carbocycles. The molecule has 0 saturated heterocycles. The zero-order valence-electron chi connectivity index (χ0n) is 9.67. The third-order valence-corrected chi connectivity index (χ3v) is 2.39. The van der Waals surface area contributed by atoms with Crippen LogP contribution >= 0.6 is 0 Å².